The summed E-state index contributed by atoms with van der Waals surface area (Å²) in [7, 11) is 10.5. The van der Waals surface area contributed by atoms with Crippen LogP contribution in [-0.4, -0.2) is 61.9 Å². The van der Waals surface area contributed by atoms with E-state index in [2.05, 4.69) is 347 Å². The monoisotopic (exact) mass is 1410 g/mol. The van der Waals surface area contributed by atoms with Crippen molar-refractivity contribution in [3.8, 4) is 33.8 Å². The highest BCUT2D eigenvalue weighted by Crippen LogP contribution is 2.40. The number of hydrogen-bond acceptors (Lipinski definition) is 6. The molecule has 0 unspecified atom stereocenters. The minimum absolute atomic E-state index is 0.985. The third kappa shape index (κ3) is 11.1. The molecule has 109 heavy (non-hydrogen) atoms. The first-order valence-corrected chi connectivity index (χ1v) is 36.7. The van der Waals surface area contributed by atoms with Crippen molar-refractivity contribution in [2.45, 2.75) is 6.92 Å². The van der Waals surface area contributed by atoms with E-state index >= 15 is 0 Å². The van der Waals surface area contributed by atoms with Crippen LogP contribution in [0.1, 0.15) is 5.56 Å². The van der Waals surface area contributed by atoms with E-state index in [0.29, 0.717) is 0 Å². The summed E-state index contributed by atoms with van der Waals surface area (Å²) in [5, 5.41) is 13.6. The molecule has 0 saturated heterocycles. The molecule has 0 aliphatic carbocycles. The van der Waals surface area contributed by atoms with Crippen LogP contribution < -0.4 is 0 Å². The molecule has 13 nitrogen and oxygen atoms in total. The predicted molar refractivity (Wildman–Crippen MR) is 453 cm³/mol. The number of pyridine rings is 6. The van der Waals surface area contributed by atoms with Crippen molar-refractivity contribution < 1.29 is 0 Å². The Morgan fingerprint density at radius 3 is 1.05 bits per heavy atom. The van der Waals surface area contributed by atoms with E-state index in [4.69, 9.17) is 0 Å². The van der Waals surface area contributed by atoms with E-state index in [1.165, 1.54) is 148 Å². The first-order chi connectivity index (χ1) is 53.6. The summed E-state index contributed by atoms with van der Waals surface area (Å²) < 4.78 is 15.9. The molecule has 23 rings (SSSR count). The van der Waals surface area contributed by atoms with Crippen LogP contribution in [0, 0.1) is 6.92 Å². The van der Waals surface area contributed by atoms with Gasteiger partial charge in [-0.3, -0.25) is 29.9 Å². The van der Waals surface area contributed by atoms with Crippen molar-refractivity contribution in [2.24, 2.45) is 35.2 Å². The molecular weight excluding hydrogens is 1340 g/mol. The van der Waals surface area contributed by atoms with Gasteiger partial charge in [0.25, 0.3) is 0 Å². The van der Waals surface area contributed by atoms with E-state index in [1.54, 1.807) is 0 Å². The van der Waals surface area contributed by atoms with Gasteiger partial charge in [0.2, 0.25) is 0 Å². The summed E-state index contributed by atoms with van der Waals surface area (Å²) in [6.07, 6.45) is 14.8. The standard InChI is InChI=1S/C37H25N3.C23H17N3.C13H12N2.C12H10N2.C11H9N3/c1-38-32-20-18-24(39-34-14-6-2-10-26(34)27-11-3-7-15-35(27)39)22-30(32)31-23-25(19-21-33(31)38)40-36-16-8-4-12-28(36)29-13-5-9-17-37(29)40;1-26-21-12-11-16(15-19(21)23-22(26)10-6-14-25-23)17-7-2-3-8-18(17)20-9-4-5-13-24-20;1-9-5-6-11-10(8-9)13-12(15(11)2)4-3-7-14-13;1-14-10-6-3-2-5-9(10)12-11(14)7-4-8-13-12;1-14-10-2-4-12-6-8(10)9-7-13-5-3-11(9)14/h2-23H,1H3;2-15H,1H3;3-8H,1-2H3;2-8H,1H3;2-7H,1H3. The molecule has 13 aromatic heterocycles. The minimum atomic E-state index is 0.985. The molecule has 0 saturated carbocycles. The summed E-state index contributed by atoms with van der Waals surface area (Å²) in [6, 6.07) is 101. The summed E-state index contributed by atoms with van der Waals surface area (Å²) in [5.74, 6) is 0. The number of hydrogen-bond donors (Lipinski definition) is 0. The van der Waals surface area contributed by atoms with Gasteiger partial charge in [0.15, 0.2) is 0 Å². The van der Waals surface area contributed by atoms with E-state index in [9.17, 15) is 0 Å². The average Bonchev–Trinajstić information content (AvgIpc) is 1.48. The maximum atomic E-state index is 4.61. The normalized spacial score (nSPS) is 11.6. The number of benzene rings is 10. The Balaban J connectivity index is 0.0000001000. The van der Waals surface area contributed by atoms with Crippen LogP contribution in [-0.2, 0) is 35.2 Å². The highest BCUT2D eigenvalue weighted by atomic mass is 15.0. The van der Waals surface area contributed by atoms with Gasteiger partial charge < -0.3 is 32.0 Å². The zero-order valence-corrected chi connectivity index (χ0v) is 61.1. The Morgan fingerprint density at radius 2 is 0.569 bits per heavy atom. The van der Waals surface area contributed by atoms with Crippen LogP contribution in [0.4, 0.5) is 0 Å². The van der Waals surface area contributed by atoms with Crippen LogP contribution in [0.25, 0.3) is 187 Å². The second-order valence-corrected chi connectivity index (χ2v) is 27.9. The van der Waals surface area contributed by atoms with Crippen molar-refractivity contribution in [2.75, 3.05) is 0 Å². The lowest BCUT2D eigenvalue weighted by atomic mass is 9.96. The summed E-state index contributed by atoms with van der Waals surface area (Å²) >= 11 is 0. The van der Waals surface area contributed by atoms with Gasteiger partial charge in [0, 0.05) is 172 Å². The van der Waals surface area contributed by atoms with Crippen LogP contribution in [0.5, 0.6) is 0 Å². The first kappa shape index (κ1) is 65.5. The molecule has 0 radical (unpaired) electrons. The lowest BCUT2D eigenvalue weighted by molar-refractivity contribution is 1.01. The number of para-hydroxylation sites is 5. The van der Waals surface area contributed by atoms with Gasteiger partial charge >= 0.3 is 0 Å². The van der Waals surface area contributed by atoms with Gasteiger partial charge in [-0.15, -0.1) is 0 Å². The fourth-order valence-electron chi connectivity index (χ4n) is 16.6. The quantitative estimate of drug-likeness (QED) is 0.173. The Morgan fingerprint density at radius 1 is 0.220 bits per heavy atom. The predicted octanol–water partition coefficient (Wildman–Crippen LogP) is 22.9. The second kappa shape index (κ2) is 27.0. The number of rotatable bonds is 4. The van der Waals surface area contributed by atoms with Gasteiger partial charge in [0.1, 0.15) is 0 Å². The van der Waals surface area contributed by atoms with Gasteiger partial charge in [-0.05, 0) is 170 Å². The van der Waals surface area contributed by atoms with Crippen molar-refractivity contribution in [3.63, 3.8) is 0 Å². The molecule has 0 amide bonds. The Bertz CT molecular complexity index is 6970. The molecule has 0 fully saturated rings. The zero-order chi connectivity index (χ0) is 73.4. The molecule has 0 aliphatic heterocycles. The Kier molecular flexibility index (Phi) is 16.2. The van der Waals surface area contributed by atoms with Crippen molar-refractivity contribution in [1.29, 1.82) is 0 Å². The van der Waals surface area contributed by atoms with Crippen molar-refractivity contribution >= 4 is 153 Å². The van der Waals surface area contributed by atoms with E-state index < -0.39 is 0 Å². The fourth-order valence-corrected chi connectivity index (χ4v) is 16.6. The largest absolute Gasteiger partial charge is 0.344 e. The molecule has 0 aliphatic rings. The molecule has 10 aromatic carbocycles. The molecule has 23 aromatic rings. The Hall–Kier alpha value is -14.3. The number of nitrogens with zero attached hydrogens (tertiary/aromatic N) is 13. The zero-order valence-electron chi connectivity index (χ0n) is 61.1. The summed E-state index contributed by atoms with van der Waals surface area (Å²) in [4.78, 5) is 26.3. The van der Waals surface area contributed by atoms with Crippen molar-refractivity contribution in [1.82, 2.24) is 61.9 Å². The van der Waals surface area contributed by atoms with E-state index in [0.717, 1.165) is 44.1 Å². The van der Waals surface area contributed by atoms with Gasteiger partial charge in [-0.25, -0.2) is 0 Å². The third-order valence-corrected chi connectivity index (χ3v) is 21.8. The third-order valence-electron chi connectivity index (χ3n) is 21.8. The van der Waals surface area contributed by atoms with Crippen LogP contribution in [0.2, 0.25) is 0 Å². The lowest BCUT2D eigenvalue weighted by Gasteiger charge is -2.10. The molecule has 522 valence electrons. The van der Waals surface area contributed by atoms with Gasteiger partial charge in [0.05, 0.1) is 88.4 Å². The van der Waals surface area contributed by atoms with Crippen LogP contribution in [0.15, 0.2) is 335 Å². The molecular formula is C96H73N13. The highest BCUT2D eigenvalue weighted by Gasteiger charge is 2.19. The van der Waals surface area contributed by atoms with Crippen LogP contribution >= 0.6 is 0 Å². The maximum absolute atomic E-state index is 4.61. The fraction of sp³-hybridized carbons (Fsp3) is 0.0625. The average molecular weight is 1410 g/mol. The Labute approximate surface area is 627 Å². The number of aromatic nitrogens is 13. The molecule has 13 heteroatoms. The second-order valence-electron chi connectivity index (χ2n) is 27.9. The SMILES string of the molecule is Cc1ccc2c(c1)c1ncccc1n2C.Cn1c2ccc(-c3ccccc3-c3ccccn3)cc2c2ncccc21.Cn1c2ccc(-n3c4ccccc4c4ccccc43)cc2c2cc(-n3c4ccccc4c4ccccc43)ccc21.Cn1c2ccccc2c2ncccc21.Cn1c2ccncc2c2cnccc21. The summed E-state index contributed by atoms with van der Waals surface area (Å²) in [5.41, 5.74) is 28.3. The topological polar surface area (TPSA) is 112 Å². The maximum Gasteiger partial charge on any atom is 0.0959 e. The van der Waals surface area contributed by atoms with Crippen molar-refractivity contribution in [3.05, 3.63) is 340 Å². The smallest absolute Gasteiger partial charge is 0.0959 e. The molecule has 13 heterocycles. The minimum Gasteiger partial charge on any atom is -0.344 e. The molecule has 0 bridgehead atoms. The first-order valence-electron chi connectivity index (χ1n) is 36.7. The number of aryl methyl sites for hydroxylation is 6. The van der Waals surface area contributed by atoms with Gasteiger partial charge in [-0.2, -0.15) is 0 Å². The molecule has 0 N–H and O–H groups in total. The van der Waals surface area contributed by atoms with E-state index in [-0.39, 0.29) is 0 Å². The highest BCUT2D eigenvalue weighted by molar-refractivity contribution is 6.15. The van der Waals surface area contributed by atoms with E-state index in [1.807, 2.05) is 92.0 Å². The van der Waals surface area contributed by atoms with Crippen LogP contribution in [0.3, 0.4) is 0 Å². The molecule has 0 spiro atoms. The van der Waals surface area contributed by atoms with Gasteiger partial charge in [-0.1, -0.05) is 139 Å². The lowest BCUT2D eigenvalue weighted by Crippen LogP contribution is -1.94. The number of fused-ring (bicyclic) bond motifs is 21. The molecule has 0 atom stereocenters. The summed E-state index contributed by atoms with van der Waals surface area (Å²) in [6.45, 7) is 2.11.